The number of carboxylic acids is 1. The lowest BCUT2D eigenvalue weighted by molar-refractivity contribution is -0.149. The summed E-state index contributed by atoms with van der Waals surface area (Å²) in [7, 11) is 0. The molecular weight excluding hydrogens is 236 g/mol. The highest BCUT2D eigenvalue weighted by Gasteiger charge is 2.25. The Hall–Kier alpha value is -1.75. The van der Waals surface area contributed by atoms with E-state index in [0.29, 0.717) is 25.4 Å². The zero-order valence-corrected chi connectivity index (χ0v) is 10.2. The van der Waals surface area contributed by atoms with E-state index in [1.165, 1.54) is 0 Å². The quantitative estimate of drug-likeness (QED) is 0.827. The number of benzene rings is 1. The molecule has 0 aliphatic carbocycles. The molecule has 0 amide bonds. The number of carboxylic acid groups (broad SMARTS) is 1. The molecular formula is C13H16O5. The van der Waals surface area contributed by atoms with E-state index in [1.807, 2.05) is 0 Å². The number of ether oxygens (including phenoxy) is 2. The fraction of sp³-hybridized carbons (Fsp3) is 0.462. The first-order chi connectivity index (χ1) is 8.63. The van der Waals surface area contributed by atoms with E-state index in [9.17, 15) is 9.90 Å². The average Bonchev–Trinajstić information content (AvgIpc) is 2.81. The standard InChI is InChI=1S/C13H16O5/c1-2-17-11(13(15)16)7-8-3-4-10(14)9-5-6-18-12(8)9/h3-4,11,14H,2,5-7H2,1H3,(H,15,16). The van der Waals surface area contributed by atoms with Crippen molar-refractivity contribution in [3.63, 3.8) is 0 Å². The molecule has 2 rings (SSSR count). The van der Waals surface area contributed by atoms with Gasteiger partial charge >= 0.3 is 5.97 Å². The number of aromatic hydroxyl groups is 1. The summed E-state index contributed by atoms with van der Waals surface area (Å²) < 4.78 is 10.6. The summed E-state index contributed by atoms with van der Waals surface area (Å²) >= 11 is 0. The number of hydrogen-bond donors (Lipinski definition) is 2. The second-order valence-corrected chi connectivity index (χ2v) is 4.14. The SMILES string of the molecule is CCOC(Cc1ccc(O)c2c1OCC2)C(=O)O. The van der Waals surface area contributed by atoms with Crippen molar-refractivity contribution < 1.29 is 24.5 Å². The predicted molar refractivity (Wildman–Crippen MR) is 64.1 cm³/mol. The first-order valence-electron chi connectivity index (χ1n) is 5.94. The van der Waals surface area contributed by atoms with Crippen molar-refractivity contribution in [2.75, 3.05) is 13.2 Å². The summed E-state index contributed by atoms with van der Waals surface area (Å²) in [4.78, 5) is 11.0. The van der Waals surface area contributed by atoms with Crippen LogP contribution in [0.3, 0.4) is 0 Å². The van der Waals surface area contributed by atoms with Crippen LogP contribution in [-0.4, -0.2) is 35.5 Å². The van der Waals surface area contributed by atoms with Gasteiger partial charge in [0.05, 0.1) is 6.61 Å². The molecule has 1 atom stereocenters. The van der Waals surface area contributed by atoms with E-state index in [-0.39, 0.29) is 12.2 Å². The van der Waals surface area contributed by atoms with Crippen LogP contribution < -0.4 is 4.74 Å². The van der Waals surface area contributed by atoms with E-state index in [4.69, 9.17) is 14.6 Å². The van der Waals surface area contributed by atoms with E-state index in [1.54, 1.807) is 19.1 Å². The van der Waals surface area contributed by atoms with E-state index >= 15 is 0 Å². The average molecular weight is 252 g/mol. The summed E-state index contributed by atoms with van der Waals surface area (Å²) in [6, 6.07) is 3.27. The molecule has 1 aromatic rings. The van der Waals surface area contributed by atoms with Crippen LogP contribution in [0.1, 0.15) is 18.1 Å². The predicted octanol–water partition coefficient (Wildman–Crippen LogP) is 1.36. The van der Waals surface area contributed by atoms with Gasteiger partial charge in [-0.1, -0.05) is 6.07 Å². The molecule has 1 aromatic carbocycles. The van der Waals surface area contributed by atoms with Crippen molar-refractivity contribution in [2.24, 2.45) is 0 Å². The highest BCUT2D eigenvalue weighted by atomic mass is 16.5. The Morgan fingerprint density at radius 1 is 1.56 bits per heavy atom. The molecule has 98 valence electrons. The smallest absolute Gasteiger partial charge is 0.333 e. The van der Waals surface area contributed by atoms with Gasteiger partial charge in [-0.2, -0.15) is 0 Å². The summed E-state index contributed by atoms with van der Waals surface area (Å²) in [5.74, 6) is -0.174. The summed E-state index contributed by atoms with van der Waals surface area (Å²) in [5, 5.41) is 18.7. The van der Waals surface area contributed by atoms with Gasteiger partial charge in [-0.15, -0.1) is 0 Å². The minimum absolute atomic E-state index is 0.203. The van der Waals surface area contributed by atoms with E-state index in [0.717, 1.165) is 11.1 Å². The maximum atomic E-state index is 11.0. The van der Waals surface area contributed by atoms with Crippen LogP contribution in [0.15, 0.2) is 12.1 Å². The Kier molecular flexibility index (Phi) is 3.72. The molecule has 0 radical (unpaired) electrons. The lowest BCUT2D eigenvalue weighted by Crippen LogP contribution is -2.26. The number of phenolic OH excluding ortho intramolecular Hbond substituents is 1. The molecule has 1 unspecified atom stereocenters. The van der Waals surface area contributed by atoms with Crippen LogP contribution in [0.2, 0.25) is 0 Å². The Morgan fingerprint density at radius 2 is 2.33 bits per heavy atom. The maximum absolute atomic E-state index is 11.0. The second-order valence-electron chi connectivity index (χ2n) is 4.14. The zero-order valence-electron chi connectivity index (χ0n) is 10.2. The summed E-state index contributed by atoms with van der Waals surface area (Å²) in [6.45, 7) is 2.62. The van der Waals surface area contributed by atoms with Crippen molar-refractivity contribution in [1.82, 2.24) is 0 Å². The fourth-order valence-electron chi connectivity index (χ4n) is 2.12. The molecule has 5 nitrogen and oxygen atoms in total. The highest BCUT2D eigenvalue weighted by Crippen LogP contribution is 2.36. The van der Waals surface area contributed by atoms with Gasteiger partial charge in [0.15, 0.2) is 6.10 Å². The molecule has 1 aliphatic heterocycles. The topological polar surface area (TPSA) is 76.0 Å². The third-order valence-corrected chi connectivity index (χ3v) is 2.96. The van der Waals surface area contributed by atoms with Crippen molar-refractivity contribution in [2.45, 2.75) is 25.9 Å². The number of carbonyl (C=O) groups is 1. The number of hydrogen-bond acceptors (Lipinski definition) is 4. The van der Waals surface area contributed by atoms with Gasteiger partial charge in [-0.25, -0.2) is 4.79 Å². The maximum Gasteiger partial charge on any atom is 0.333 e. The Labute approximate surface area is 105 Å². The number of phenols is 1. The largest absolute Gasteiger partial charge is 0.508 e. The van der Waals surface area contributed by atoms with Gasteiger partial charge < -0.3 is 19.7 Å². The Bertz CT molecular complexity index is 455. The van der Waals surface area contributed by atoms with Crippen LogP contribution in [-0.2, 0) is 22.4 Å². The van der Waals surface area contributed by atoms with Crippen LogP contribution in [0.5, 0.6) is 11.5 Å². The fourth-order valence-corrected chi connectivity index (χ4v) is 2.12. The van der Waals surface area contributed by atoms with Crippen molar-refractivity contribution in [3.8, 4) is 11.5 Å². The van der Waals surface area contributed by atoms with E-state index < -0.39 is 12.1 Å². The van der Waals surface area contributed by atoms with E-state index in [2.05, 4.69) is 0 Å². The number of rotatable bonds is 5. The van der Waals surface area contributed by atoms with Crippen molar-refractivity contribution in [3.05, 3.63) is 23.3 Å². The van der Waals surface area contributed by atoms with Crippen LogP contribution >= 0.6 is 0 Å². The Morgan fingerprint density at radius 3 is 3.00 bits per heavy atom. The van der Waals surface area contributed by atoms with Crippen molar-refractivity contribution >= 4 is 5.97 Å². The molecule has 1 heterocycles. The first kappa shape index (κ1) is 12.7. The lowest BCUT2D eigenvalue weighted by Gasteiger charge is -2.15. The van der Waals surface area contributed by atoms with Gasteiger partial charge in [-0.05, 0) is 18.6 Å². The molecule has 0 aromatic heterocycles. The monoisotopic (exact) mass is 252 g/mol. The molecule has 1 aliphatic rings. The molecule has 0 saturated heterocycles. The summed E-state index contributed by atoms with van der Waals surface area (Å²) in [5.41, 5.74) is 1.52. The second kappa shape index (κ2) is 5.27. The van der Waals surface area contributed by atoms with Crippen molar-refractivity contribution in [1.29, 1.82) is 0 Å². The molecule has 0 saturated carbocycles. The normalized spacial score (nSPS) is 14.9. The lowest BCUT2D eigenvalue weighted by atomic mass is 10.0. The van der Waals surface area contributed by atoms with Gasteiger partial charge in [-0.3, -0.25) is 0 Å². The third kappa shape index (κ3) is 2.41. The number of aliphatic carboxylic acids is 1. The van der Waals surface area contributed by atoms with Gasteiger partial charge in [0.25, 0.3) is 0 Å². The molecule has 0 bridgehead atoms. The molecule has 0 fully saturated rings. The third-order valence-electron chi connectivity index (χ3n) is 2.96. The van der Waals surface area contributed by atoms with Gasteiger partial charge in [0, 0.05) is 25.0 Å². The zero-order chi connectivity index (χ0) is 13.1. The van der Waals surface area contributed by atoms with Crippen LogP contribution in [0.4, 0.5) is 0 Å². The highest BCUT2D eigenvalue weighted by molar-refractivity contribution is 5.73. The minimum atomic E-state index is -0.989. The van der Waals surface area contributed by atoms with Gasteiger partial charge in [0.2, 0.25) is 0 Å². The first-order valence-corrected chi connectivity index (χ1v) is 5.94. The Balaban J connectivity index is 2.24. The summed E-state index contributed by atoms with van der Waals surface area (Å²) in [6.07, 6.45) is 0.0144. The van der Waals surface area contributed by atoms with Gasteiger partial charge in [0.1, 0.15) is 11.5 Å². The number of fused-ring (bicyclic) bond motifs is 1. The molecule has 5 heteroatoms. The van der Waals surface area contributed by atoms with Crippen LogP contribution in [0, 0.1) is 0 Å². The minimum Gasteiger partial charge on any atom is -0.508 e. The van der Waals surface area contributed by atoms with Crippen LogP contribution in [0.25, 0.3) is 0 Å². The molecule has 2 N–H and O–H groups in total. The molecule has 18 heavy (non-hydrogen) atoms. The molecule has 0 spiro atoms.